The average molecular weight is 534 g/mol. The van der Waals surface area contributed by atoms with Gasteiger partial charge in [-0.05, 0) is 44.6 Å². The summed E-state index contributed by atoms with van der Waals surface area (Å²) in [7, 11) is -0.446. The van der Waals surface area contributed by atoms with Crippen LogP contribution in [0.2, 0.25) is 0 Å². The second kappa shape index (κ2) is 18.0. The van der Waals surface area contributed by atoms with Crippen molar-refractivity contribution >= 4 is 23.8 Å². The predicted octanol–water partition coefficient (Wildman–Crippen LogP) is 5.98. The van der Waals surface area contributed by atoms with Crippen molar-refractivity contribution in [3.8, 4) is 0 Å². The van der Waals surface area contributed by atoms with Crippen LogP contribution in [-0.4, -0.2) is 0 Å². The van der Waals surface area contributed by atoms with Crippen LogP contribution >= 0.6 is 7.92 Å². The Kier molecular flexibility index (Phi) is 16.6. The van der Waals surface area contributed by atoms with Gasteiger partial charge in [0.15, 0.2) is 0 Å². The molecule has 0 amide bonds. The third-order valence-corrected chi connectivity index (χ3v) is 6.85. The average Bonchev–Trinajstić information content (AvgIpc) is 2.84. The molecular formula is C29H27MoO2P. The molecule has 2 nitrogen and oxygen atoms in total. The van der Waals surface area contributed by atoms with Gasteiger partial charge in [0.2, 0.25) is 0 Å². The van der Waals surface area contributed by atoms with Crippen molar-refractivity contribution in [3.63, 3.8) is 0 Å². The molecule has 4 aromatic carbocycles. The van der Waals surface area contributed by atoms with Gasteiger partial charge in [-0.1, -0.05) is 126 Å². The molecule has 0 aliphatic rings. The molecule has 4 heteroatoms. The summed E-state index contributed by atoms with van der Waals surface area (Å²) in [6.07, 6.45) is 0. The van der Waals surface area contributed by atoms with Crippen LogP contribution in [-0.2, 0) is 30.4 Å². The minimum Gasteiger partial charge on any atom is -0.0622 e. The number of hydrogen-bond acceptors (Lipinski definition) is 0. The van der Waals surface area contributed by atoms with Crippen LogP contribution in [0.4, 0.5) is 0 Å². The molecule has 0 spiro atoms. The van der Waals surface area contributed by atoms with E-state index >= 15 is 0 Å². The Hall–Kier alpha value is -2.52. The molecule has 0 atom stereocenters. The smallest absolute Gasteiger partial charge is 0 e. The van der Waals surface area contributed by atoms with E-state index in [1.165, 1.54) is 32.6 Å². The second-order valence-electron chi connectivity index (χ2n) is 7.01. The van der Waals surface area contributed by atoms with Crippen molar-refractivity contribution in [3.05, 3.63) is 139 Å². The topological polar surface area (TPSA) is 39.8 Å². The number of aryl methyl sites for hydroxylation is 3. The summed E-state index contributed by atoms with van der Waals surface area (Å²) < 4.78 is 15.0. The van der Waals surface area contributed by atoms with Crippen LogP contribution in [0.25, 0.3) is 0 Å². The van der Waals surface area contributed by atoms with Crippen molar-refractivity contribution in [1.82, 2.24) is 0 Å². The fourth-order valence-electron chi connectivity index (χ4n) is 3.38. The van der Waals surface area contributed by atoms with E-state index in [1.54, 1.807) is 0 Å². The first kappa shape index (κ1) is 30.5. The molecule has 0 fully saturated rings. The second-order valence-corrected chi connectivity index (χ2v) is 9.23. The fraction of sp³-hybridized carbons (Fsp3) is 0.103. The Morgan fingerprint density at radius 3 is 0.879 bits per heavy atom. The third kappa shape index (κ3) is 10.8. The molecule has 0 radical (unpaired) electrons. The van der Waals surface area contributed by atoms with Crippen molar-refractivity contribution < 1.29 is 30.4 Å². The zero-order valence-corrected chi connectivity index (χ0v) is 22.0. The van der Waals surface area contributed by atoms with Gasteiger partial charge >= 0.3 is 22.6 Å². The molecule has 166 valence electrons. The van der Waals surface area contributed by atoms with Gasteiger partial charge in [0.1, 0.15) is 0 Å². The van der Waals surface area contributed by atoms with Crippen LogP contribution < -0.4 is 15.9 Å². The largest absolute Gasteiger partial charge is 0.0622 e. The summed E-state index contributed by atoms with van der Waals surface area (Å²) in [5.41, 5.74) is 4.06. The Labute approximate surface area is 213 Å². The standard InChI is InChI=1S/C18H15P.C9H12.2CO.Mo/c1-4-10-16(11-5-1)19(17-12-6-2-7-13-17)18-14-8-3-9-15-18;1-7-4-8(2)6-9(3)5-7;2*1-2;/h1-15H;4-6H,1-3H3;;;. The maximum Gasteiger partial charge on any atom is 0 e. The predicted molar refractivity (Wildman–Crippen MR) is 134 cm³/mol. The van der Waals surface area contributed by atoms with Crippen molar-refractivity contribution in [2.75, 3.05) is 0 Å². The molecule has 0 saturated carbocycles. The summed E-state index contributed by atoms with van der Waals surface area (Å²) in [6, 6.07) is 38.9. The van der Waals surface area contributed by atoms with Crippen molar-refractivity contribution in [2.45, 2.75) is 20.8 Å². The monoisotopic (exact) mass is 536 g/mol. The molecule has 33 heavy (non-hydrogen) atoms. The van der Waals surface area contributed by atoms with Crippen LogP contribution in [0, 0.1) is 34.1 Å². The van der Waals surface area contributed by atoms with Crippen LogP contribution in [0.1, 0.15) is 16.7 Å². The number of rotatable bonds is 3. The zero-order valence-electron chi connectivity index (χ0n) is 19.1. The first-order chi connectivity index (χ1) is 15.6. The minimum absolute atomic E-state index is 0. The first-order valence-electron chi connectivity index (χ1n) is 10.0. The van der Waals surface area contributed by atoms with Gasteiger partial charge in [0.05, 0.1) is 0 Å². The maximum atomic E-state index is 7.50. The van der Waals surface area contributed by atoms with Gasteiger partial charge in [-0.3, -0.25) is 0 Å². The normalized spacial score (nSPS) is 8.85. The molecule has 0 heterocycles. The van der Waals surface area contributed by atoms with Crippen LogP contribution in [0.15, 0.2) is 109 Å². The van der Waals surface area contributed by atoms with E-state index < -0.39 is 7.92 Å². The molecular weight excluding hydrogens is 507 g/mol. The van der Waals surface area contributed by atoms with Gasteiger partial charge in [-0.15, -0.1) is 0 Å². The number of benzene rings is 4. The summed E-state index contributed by atoms with van der Waals surface area (Å²) in [5.74, 6) is 0. The van der Waals surface area contributed by atoms with Crippen LogP contribution in [0.3, 0.4) is 0 Å². The molecule has 0 saturated heterocycles. The van der Waals surface area contributed by atoms with Gasteiger partial charge in [-0.25, -0.2) is 0 Å². The van der Waals surface area contributed by atoms with Crippen LogP contribution in [0.5, 0.6) is 0 Å². The van der Waals surface area contributed by atoms with Gasteiger partial charge in [0, 0.05) is 21.1 Å². The Bertz CT molecular complexity index is 929. The molecule has 0 unspecified atom stereocenters. The summed E-state index contributed by atoms with van der Waals surface area (Å²) in [5, 5.41) is 4.19. The van der Waals surface area contributed by atoms with Crippen molar-refractivity contribution in [1.29, 1.82) is 0 Å². The SMILES string of the molecule is Cc1cc(C)cc(C)c1.[C-]#[O+].[C-]#[O+].[Mo].c1ccc(P(c2ccccc2)c2ccccc2)cc1. The Morgan fingerprint density at radius 2 is 0.667 bits per heavy atom. The van der Waals surface area contributed by atoms with E-state index in [-0.39, 0.29) is 21.1 Å². The first-order valence-corrected chi connectivity index (χ1v) is 11.4. The maximum absolute atomic E-state index is 7.50. The summed E-state index contributed by atoms with van der Waals surface area (Å²) in [4.78, 5) is 0. The van der Waals surface area contributed by atoms with Gasteiger partial charge < -0.3 is 0 Å². The molecule has 4 rings (SSSR count). The fourth-order valence-corrected chi connectivity index (χ4v) is 5.69. The molecule has 0 aliphatic carbocycles. The van der Waals surface area contributed by atoms with E-state index in [9.17, 15) is 0 Å². The van der Waals surface area contributed by atoms with E-state index in [0.717, 1.165) is 0 Å². The van der Waals surface area contributed by atoms with Gasteiger partial charge in [-0.2, -0.15) is 0 Å². The van der Waals surface area contributed by atoms with Crippen molar-refractivity contribution in [2.24, 2.45) is 0 Å². The molecule has 0 aliphatic heterocycles. The Balaban J connectivity index is 0.000000621. The van der Waals surface area contributed by atoms with E-state index in [0.29, 0.717) is 0 Å². The number of hydrogen-bond donors (Lipinski definition) is 0. The molecule has 4 aromatic rings. The molecule has 0 bridgehead atoms. The third-order valence-electron chi connectivity index (χ3n) is 4.41. The summed E-state index contributed by atoms with van der Waals surface area (Å²) in [6.45, 7) is 15.4. The minimum atomic E-state index is -0.446. The molecule has 0 aromatic heterocycles. The molecule has 0 N–H and O–H groups in total. The van der Waals surface area contributed by atoms with E-state index in [4.69, 9.17) is 9.30 Å². The summed E-state index contributed by atoms with van der Waals surface area (Å²) >= 11 is 0. The van der Waals surface area contributed by atoms with E-state index in [1.807, 2.05) is 0 Å². The van der Waals surface area contributed by atoms with E-state index in [2.05, 4.69) is 143 Å². The quantitative estimate of drug-likeness (QED) is 0.134. The zero-order chi connectivity index (χ0) is 23.8. The van der Waals surface area contributed by atoms with Gasteiger partial charge in [0.25, 0.3) is 0 Å². The Morgan fingerprint density at radius 1 is 0.455 bits per heavy atom.